The van der Waals surface area contributed by atoms with Crippen LogP contribution in [0.1, 0.15) is 22.3 Å². The second-order valence-corrected chi connectivity index (χ2v) is 5.11. The summed E-state index contributed by atoms with van der Waals surface area (Å²) in [6.45, 7) is 6.10. The molecule has 0 aliphatic heterocycles. The first-order valence-electron chi connectivity index (χ1n) is 6.46. The SMILES string of the molecule is CCNCCNC(=O)c1sc(-c2ncccn2)nc1C.Cl. The number of halogens is 1. The molecule has 6 nitrogen and oxygen atoms in total. The van der Waals surface area contributed by atoms with Crippen molar-refractivity contribution in [3.8, 4) is 10.8 Å². The maximum Gasteiger partial charge on any atom is 0.263 e. The van der Waals surface area contributed by atoms with E-state index in [4.69, 9.17) is 0 Å². The molecule has 0 unspecified atom stereocenters. The number of nitrogens with one attached hydrogen (secondary N) is 2. The third-order valence-electron chi connectivity index (χ3n) is 2.60. The second-order valence-electron chi connectivity index (χ2n) is 4.12. The molecule has 0 fully saturated rings. The Morgan fingerprint density at radius 3 is 2.67 bits per heavy atom. The topological polar surface area (TPSA) is 79.8 Å². The molecular formula is C13H18ClN5OS. The summed E-state index contributed by atoms with van der Waals surface area (Å²) in [5.74, 6) is 0.451. The highest BCUT2D eigenvalue weighted by Gasteiger charge is 2.16. The van der Waals surface area contributed by atoms with Crippen LogP contribution >= 0.6 is 23.7 Å². The Balaban J connectivity index is 0.00000220. The maximum absolute atomic E-state index is 12.1. The Morgan fingerprint density at radius 1 is 1.29 bits per heavy atom. The van der Waals surface area contributed by atoms with Crippen molar-refractivity contribution in [3.63, 3.8) is 0 Å². The van der Waals surface area contributed by atoms with E-state index in [9.17, 15) is 4.79 Å². The Hall–Kier alpha value is -1.57. The lowest BCUT2D eigenvalue weighted by atomic mass is 10.3. The molecule has 0 aromatic carbocycles. The molecule has 8 heteroatoms. The van der Waals surface area contributed by atoms with Gasteiger partial charge in [0.15, 0.2) is 10.8 Å². The quantitative estimate of drug-likeness (QED) is 0.789. The van der Waals surface area contributed by atoms with Crippen LogP contribution in [0.2, 0.25) is 0 Å². The minimum absolute atomic E-state index is 0. The van der Waals surface area contributed by atoms with Gasteiger partial charge < -0.3 is 10.6 Å². The summed E-state index contributed by atoms with van der Waals surface area (Å²) in [6, 6.07) is 1.75. The third kappa shape index (κ3) is 4.73. The third-order valence-corrected chi connectivity index (χ3v) is 3.75. The first kappa shape index (κ1) is 17.5. The number of likely N-dealkylation sites (N-methyl/N-ethyl adjacent to an activating group) is 1. The fourth-order valence-corrected chi connectivity index (χ4v) is 2.56. The van der Waals surface area contributed by atoms with E-state index in [-0.39, 0.29) is 18.3 Å². The van der Waals surface area contributed by atoms with Crippen LogP contribution in [0.3, 0.4) is 0 Å². The molecule has 0 saturated carbocycles. The van der Waals surface area contributed by atoms with Crippen molar-refractivity contribution in [2.24, 2.45) is 0 Å². The number of carbonyl (C=O) groups excluding carboxylic acids is 1. The lowest BCUT2D eigenvalue weighted by Gasteiger charge is -2.03. The Kier molecular flexibility index (Phi) is 7.21. The summed E-state index contributed by atoms with van der Waals surface area (Å²) in [4.78, 5) is 25.3. The van der Waals surface area contributed by atoms with E-state index in [0.29, 0.717) is 27.9 Å². The van der Waals surface area contributed by atoms with E-state index in [0.717, 1.165) is 13.1 Å². The lowest BCUT2D eigenvalue weighted by Crippen LogP contribution is -2.31. The number of thiazole rings is 1. The fraction of sp³-hybridized carbons (Fsp3) is 0.385. The number of carbonyl (C=O) groups is 1. The molecule has 0 saturated heterocycles. The first-order chi connectivity index (χ1) is 9.72. The predicted molar refractivity (Wildman–Crippen MR) is 86.0 cm³/mol. The lowest BCUT2D eigenvalue weighted by molar-refractivity contribution is 0.0957. The molecular weight excluding hydrogens is 310 g/mol. The number of amides is 1. The first-order valence-corrected chi connectivity index (χ1v) is 7.27. The van der Waals surface area contributed by atoms with Crippen LogP contribution in [0.4, 0.5) is 0 Å². The van der Waals surface area contributed by atoms with Gasteiger partial charge in [-0.25, -0.2) is 15.0 Å². The smallest absolute Gasteiger partial charge is 0.263 e. The van der Waals surface area contributed by atoms with Crippen molar-refractivity contribution >= 4 is 29.7 Å². The minimum Gasteiger partial charge on any atom is -0.350 e. The van der Waals surface area contributed by atoms with E-state index in [1.165, 1.54) is 11.3 Å². The largest absolute Gasteiger partial charge is 0.350 e. The Labute approximate surface area is 133 Å². The van der Waals surface area contributed by atoms with Crippen LogP contribution in [-0.2, 0) is 0 Å². The van der Waals surface area contributed by atoms with Crippen molar-refractivity contribution in [1.29, 1.82) is 0 Å². The molecule has 2 N–H and O–H groups in total. The van der Waals surface area contributed by atoms with E-state index in [1.807, 2.05) is 13.8 Å². The van der Waals surface area contributed by atoms with Crippen LogP contribution in [-0.4, -0.2) is 40.5 Å². The predicted octanol–water partition coefficient (Wildman–Crippen LogP) is 1.67. The van der Waals surface area contributed by atoms with Gasteiger partial charge >= 0.3 is 0 Å². The zero-order valence-electron chi connectivity index (χ0n) is 11.9. The molecule has 2 aromatic rings. The highest BCUT2D eigenvalue weighted by Crippen LogP contribution is 2.24. The van der Waals surface area contributed by atoms with Crippen molar-refractivity contribution < 1.29 is 4.79 Å². The second kappa shape index (κ2) is 8.66. The zero-order chi connectivity index (χ0) is 14.4. The van der Waals surface area contributed by atoms with E-state index >= 15 is 0 Å². The van der Waals surface area contributed by atoms with Crippen molar-refractivity contribution in [1.82, 2.24) is 25.6 Å². The number of hydrogen-bond donors (Lipinski definition) is 2. The van der Waals surface area contributed by atoms with Gasteiger partial charge in [0.1, 0.15) is 4.88 Å². The highest BCUT2D eigenvalue weighted by atomic mass is 35.5. The summed E-state index contributed by atoms with van der Waals surface area (Å²) in [5, 5.41) is 6.69. The zero-order valence-corrected chi connectivity index (χ0v) is 13.6. The molecule has 0 aliphatic carbocycles. The van der Waals surface area contributed by atoms with Gasteiger partial charge in [-0.3, -0.25) is 4.79 Å². The van der Waals surface area contributed by atoms with Gasteiger partial charge in [-0.1, -0.05) is 6.92 Å². The van der Waals surface area contributed by atoms with Crippen LogP contribution in [0.15, 0.2) is 18.5 Å². The Bertz CT molecular complexity index is 575. The van der Waals surface area contributed by atoms with Gasteiger partial charge in [-0.15, -0.1) is 23.7 Å². The van der Waals surface area contributed by atoms with E-state index in [1.54, 1.807) is 18.5 Å². The monoisotopic (exact) mass is 327 g/mol. The molecule has 2 aromatic heterocycles. The van der Waals surface area contributed by atoms with Gasteiger partial charge in [0, 0.05) is 25.5 Å². The molecule has 0 bridgehead atoms. The average molecular weight is 328 g/mol. The molecule has 21 heavy (non-hydrogen) atoms. The summed E-state index contributed by atoms with van der Waals surface area (Å²) in [6.07, 6.45) is 3.32. The van der Waals surface area contributed by atoms with Gasteiger partial charge in [0.05, 0.1) is 5.69 Å². The van der Waals surface area contributed by atoms with Gasteiger partial charge in [-0.05, 0) is 19.5 Å². The number of rotatable bonds is 6. The van der Waals surface area contributed by atoms with Crippen molar-refractivity contribution in [2.75, 3.05) is 19.6 Å². The molecule has 1 amide bonds. The molecule has 2 heterocycles. The number of aryl methyl sites for hydroxylation is 1. The number of nitrogens with zero attached hydrogens (tertiary/aromatic N) is 3. The average Bonchev–Trinajstić information content (AvgIpc) is 2.86. The maximum atomic E-state index is 12.1. The molecule has 114 valence electrons. The van der Waals surface area contributed by atoms with Crippen LogP contribution < -0.4 is 10.6 Å². The summed E-state index contributed by atoms with van der Waals surface area (Å²) in [5.41, 5.74) is 0.707. The van der Waals surface area contributed by atoms with Gasteiger partial charge in [0.2, 0.25) is 0 Å². The van der Waals surface area contributed by atoms with Gasteiger partial charge in [-0.2, -0.15) is 0 Å². The standard InChI is InChI=1S/C13H17N5OS.ClH/c1-3-14-7-8-17-12(19)10-9(2)18-13(20-10)11-15-5-4-6-16-11;/h4-6,14H,3,7-8H2,1-2H3,(H,17,19);1H. The van der Waals surface area contributed by atoms with E-state index in [2.05, 4.69) is 25.6 Å². The Morgan fingerprint density at radius 2 is 2.00 bits per heavy atom. The molecule has 0 spiro atoms. The summed E-state index contributed by atoms with van der Waals surface area (Å²) in [7, 11) is 0. The highest BCUT2D eigenvalue weighted by molar-refractivity contribution is 7.17. The molecule has 2 rings (SSSR count). The van der Waals surface area contributed by atoms with Crippen LogP contribution in [0.5, 0.6) is 0 Å². The van der Waals surface area contributed by atoms with E-state index < -0.39 is 0 Å². The molecule has 0 atom stereocenters. The van der Waals surface area contributed by atoms with Crippen LogP contribution in [0, 0.1) is 6.92 Å². The van der Waals surface area contributed by atoms with Gasteiger partial charge in [0.25, 0.3) is 5.91 Å². The molecule has 0 aliphatic rings. The fourth-order valence-electron chi connectivity index (χ4n) is 1.63. The van der Waals surface area contributed by atoms with Crippen molar-refractivity contribution in [2.45, 2.75) is 13.8 Å². The van der Waals surface area contributed by atoms with Crippen LogP contribution in [0.25, 0.3) is 10.8 Å². The number of hydrogen-bond acceptors (Lipinski definition) is 6. The normalized spacial score (nSPS) is 10.0. The number of aromatic nitrogens is 3. The van der Waals surface area contributed by atoms with Crippen molar-refractivity contribution in [3.05, 3.63) is 29.0 Å². The minimum atomic E-state index is -0.0971. The summed E-state index contributed by atoms with van der Waals surface area (Å²) < 4.78 is 0. The summed E-state index contributed by atoms with van der Waals surface area (Å²) >= 11 is 1.32. The molecule has 0 radical (unpaired) electrons.